The third-order valence-corrected chi connectivity index (χ3v) is 2.94. The van der Waals surface area contributed by atoms with Gasteiger partial charge in [0.15, 0.2) is 0 Å². The van der Waals surface area contributed by atoms with E-state index in [9.17, 15) is 9.18 Å². The number of hydrogen-bond acceptors (Lipinski definition) is 2. The highest BCUT2D eigenvalue weighted by atomic mass is 19.1. The maximum Gasteiger partial charge on any atom is 0.255 e. The molecule has 2 N–H and O–H groups in total. The molecule has 0 fully saturated rings. The topological polar surface area (TPSA) is 41.1 Å². The van der Waals surface area contributed by atoms with Crippen LogP contribution in [0.25, 0.3) is 0 Å². The average molecular weight is 272 g/mol. The number of aryl methyl sites for hydroxylation is 1. The average Bonchev–Trinajstić information content (AvgIpc) is 2.44. The van der Waals surface area contributed by atoms with Gasteiger partial charge >= 0.3 is 0 Å². The zero-order chi connectivity index (χ0) is 14.5. The van der Waals surface area contributed by atoms with Crippen molar-refractivity contribution < 1.29 is 9.18 Å². The van der Waals surface area contributed by atoms with Crippen molar-refractivity contribution in [3.8, 4) is 0 Å². The number of rotatable bonds is 4. The summed E-state index contributed by atoms with van der Waals surface area (Å²) in [6, 6.07) is 11.7. The van der Waals surface area contributed by atoms with Crippen molar-refractivity contribution in [2.75, 3.05) is 17.2 Å². The molecule has 3 nitrogen and oxygen atoms in total. The van der Waals surface area contributed by atoms with E-state index in [1.165, 1.54) is 6.07 Å². The van der Waals surface area contributed by atoms with Crippen LogP contribution >= 0.6 is 0 Å². The van der Waals surface area contributed by atoms with E-state index < -0.39 is 0 Å². The van der Waals surface area contributed by atoms with E-state index >= 15 is 0 Å². The van der Waals surface area contributed by atoms with Gasteiger partial charge in [0, 0.05) is 23.5 Å². The Morgan fingerprint density at radius 2 is 1.75 bits per heavy atom. The molecule has 104 valence electrons. The van der Waals surface area contributed by atoms with Crippen molar-refractivity contribution in [3.05, 3.63) is 59.4 Å². The first-order valence-electron chi connectivity index (χ1n) is 6.51. The molecule has 0 saturated carbocycles. The molecule has 2 rings (SSSR count). The molecular formula is C16H17FN2O. The SMILES string of the molecule is CCNc1ccc(C(=O)Nc2ccc(F)c(C)c2)cc1. The molecule has 0 heterocycles. The lowest BCUT2D eigenvalue weighted by Gasteiger charge is -2.08. The lowest BCUT2D eigenvalue weighted by atomic mass is 10.1. The van der Waals surface area contributed by atoms with E-state index in [1.54, 1.807) is 31.2 Å². The molecule has 0 radical (unpaired) electrons. The molecule has 4 heteroatoms. The highest BCUT2D eigenvalue weighted by Crippen LogP contribution is 2.15. The van der Waals surface area contributed by atoms with Gasteiger partial charge in [-0.05, 0) is 61.9 Å². The fourth-order valence-electron chi connectivity index (χ4n) is 1.87. The minimum atomic E-state index is -0.280. The highest BCUT2D eigenvalue weighted by molar-refractivity contribution is 6.04. The van der Waals surface area contributed by atoms with Crippen molar-refractivity contribution in [1.29, 1.82) is 0 Å². The molecule has 0 aliphatic heterocycles. The van der Waals surface area contributed by atoms with Crippen molar-refractivity contribution in [1.82, 2.24) is 0 Å². The van der Waals surface area contributed by atoms with Crippen LogP contribution in [0.2, 0.25) is 0 Å². The summed E-state index contributed by atoms with van der Waals surface area (Å²) in [4.78, 5) is 12.1. The number of hydrogen-bond donors (Lipinski definition) is 2. The number of halogens is 1. The van der Waals surface area contributed by atoms with Crippen molar-refractivity contribution >= 4 is 17.3 Å². The number of benzene rings is 2. The molecule has 0 aliphatic rings. The molecule has 0 unspecified atom stereocenters. The first kappa shape index (κ1) is 14.1. The van der Waals surface area contributed by atoms with Gasteiger partial charge in [-0.3, -0.25) is 4.79 Å². The lowest BCUT2D eigenvalue weighted by molar-refractivity contribution is 0.102. The second-order valence-electron chi connectivity index (χ2n) is 4.53. The first-order chi connectivity index (χ1) is 9.60. The van der Waals surface area contributed by atoms with Crippen LogP contribution in [0.15, 0.2) is 42.5 Å². The van der Waals surface area contributed by atoms with Crippen LogP contribution in [0.1, 0.15) is 22.8 Å². The molecule has 20 heavy (non-hydrogen) atoms. The molecular weight excluding hydrogens is 255 g/mol. The van der Waals surface area contributed by atoms with Gasteiger partial charge in [0.1, 0.15) is 5.82 Å². The summed E-state index contributed by atoms with van der Waals surface area (Å²) >= 11 is 0. The minimum absolute atomic E-state index is 0.209. The maximum absolute atomic E-state index is 13.2. The molecule has 0 saturated heterocycles. The normalized spacial score (nSPS) is 10.2. The lowest BCUT2D eigenvalue weighted by Crippen LogP contribution is -2.12. The van der Waals surface area contributed by atoms with Crippen LogP contribution in [0, 0.1) is 12.7 Å². The zero-order valence-electron chi connectivity index (χ0n) is 11.5. The van der Waals surface area contributed by atoms with Crippen LogP contribution in [-0.2, 0) is 0 Å². The third kappa shape index (κ3) is 3.35. The fraction of sp³-hybridized carbons (Fsp3) is 0.188. The van der Waals surface area contributed by atoms with E-state index in [-0.39, 0.29) is 11.7 Å². The molecule has 2 aromatic rings. The van der Waals surface area contributed by atoms with Crippen LogP contribution in [-0.4, -0.2) is 12.5 Å². The largest absolute Gasteiger partial charge is 0.385 e. The molecule has 0 bridgehead atoms. The van der Waals surface area contributed by atoms with Crippen LogP contribution in [0.5, 0.6) is 0 Å². The predicted molar refractivity (Wildman–Crippen MR) is 79.7 cm³/mol. The Morgan fingerprint density at radius 1 is 1.10 bits per heavy atom. The molecule has 0 spiro atoms. The van der Waals surface area contributed by atoms with Crippen LogP contribution in [0.3, 0.4) is 0 Å². The van der Waals surface area contributed by atoms with Crippen molar-refractivity contribution in [2.24, 2.45) is 0 Å². The molecule has 0 atom stereocenters. The van der Waals surface area contributed by atoms with Gasteiger partial charge in [-0.2, -0.15) is 0 Å². The summed E-state index contributed by atoms with van der Waals surface area (Å²) in [5.41, 5.74) is 2.63. The Morgan fingerprint density at radius 3 is 2.35 bits per heavy atom. The summed E-state index contributed by atoms with van der Waals surface area (Å²) in [6.45, 7) is 4.51. The van der Waals surface area contributed by atoms with E-state index in [2.05, 4.69) is 10.6 Å². The number of anilines is 2. The number of nitrogens with one attached hydrogen (secondary N) is 2. The number of carbonyl (C=O) groups excluding carboxylic acids is 1. The third-order valence-electron chi connectivity index (χ3n) is 2.94. The second-order valence-corrected chi connectivity index (χ2v) is 4.53. The Bertz CT molecular complexity index is 608. The summed E-state index contributed by atoms with van der Waals surface area (Å²) in [5.74, 6) is -0.489. The highest BCUT2D eigenvalue weighted by Gasteiger charge is 2.07. The van der Waals surface area contributed by atoms with E-state index in [0.29, 0.717) is 16.8 Å². The Balaban J connectivity index is 2.09. The minimum Gasteiger partial charge on any atom is -0.385 e. The summed E-state index contributed by atoms with van der Waals surface area (Å²) in [6.07, 6.45) is 0. The molecule has 1 amide bonds. The molecule has 0 aromatic heterocycles. The Kier molecular flexibility index (Phi) is 4.35. The molecule has 2 aromatic carbocycles. The summed E-state index contributed by atoms with van der Waals surface area (Å²) < 4.78 is 13.2. The predicted octanol–water partition coefficient (Wildman–Crippen LogP) is 3.82. The monoisotopic (exact) mass is 272 g/mol. The van der Waals surface area contributed by atoms with Crippen LogP contribution < -0.4 is 10.6 Å². The first-order valence-corrected chi connectivity index (χ1v) is 6.51. The van der Waals surface area contributed by atoms with Gasteiger partial charge in [0.2, 0.25) is 0 Å². The van der Waals surface area contributed by atoms with Gasteiger partial charge in [-0.15, -0.1) is 0 Å². The van der Waals surface area contributed by atoms with E-state index in [0.717, 1.165) is 12.2 Å². The molecule has 0 aliphatic carbocycles. The standard InChI is InChI=1S/C16H17FN2O/c1-3-18-13-6-4-12(5-7-13)16(20)19-14-8-9-15(17)11(2)10-14/h4-10,18H,3H2,1-2H3,(H,19,20). The van der Waals surface area contributed by atoms with Gasteiger partial charge in [-0.1, -0.05) is 0 Å². The van der Waals surface area contributed by atoms with Crippen molar-refractivity contribution in [3.63, 3.8) is 0 Å². The second kappa shape index (κ2) is 6.19. The Labute approximate surface area is 117 Å². The fourth-order valence-corrected chi connectivity index (χ4v) is 1.87. The smallest absolute Gasteiger partial charge is 0.255 e. The quantitative estimate of drug-likeness (QED) is 0.888. The zero-order valence-corrected chi connectivity index (χ0v) is 11.5. The van der Waals surface area contributed by atoms with Gasteiger partial charge in [-0.25, -0.2) is 4.39 Å². The summed E-state index contributed by atoms with van der Waals surface area (Å²) in [5, 5.41) is 5.92. The van der Waals surface area contributed by atoms with Gasteiger partial charge in [0.25, 0.3) is 5.91 Å². The van der Waals surface area contributed by atoms with E-state index in [4.69, 9.17) is 0 Å². The van der Waals surface area contributed by atoms with Gasteiger partial charge in [0.05, 0.1) is 0 Å². The summed E-state index contributed by atoms with van der Waals surface area (Å²) in [7, 11) is 0. The number of amides is 1. The van der Waals surface area contributed by atoms with Crippen molar-refractivity contribution in [2.45, 2.75) is 13.8 Å². The van der Waals surface area contributed by atoms with Crippen LogP contribution in [0.4, 0.5) is 15.8 Å². The van der Waals surface area contributed by atoms with E-state index in [1.807, 2.05) is 19.1 Å². The van der Waals surface area contributed by atoms with Gasteiger partial charge < -0.3 is 10.6 Å². The Hall–Kier alpha value is -2.36. The maximum atomic E-state index is 13.2. The number of carbonyl (C=O) groups is 1.